The smallest absolute Gasteiger partial charge is 0.221 e. The SMILES string of the molecule is CC(=O)Nc1ccc(-c2ccc(NC3C[C@@H]4CN(CCC(C)(C)C)C[C@@H]4C3)c(F)c2F)cc1. The lowest BCUT2D eigenvalue weighted by Gasteiger charge is -2.24. The number of anilines is 2. The molecule has 1 aliphatic heterocycles. The average molecular weight is 456 g/mol. The van der Waals surface area contributed by atoms with Crippen molar-refractivity contribution in [1.29, 1.82) is 0 Å². The van der Waals surface area contributed by atoms with E-state index in [9.17, 15) is 13.6 Å². The van der Waals surface area contributed by atoms with Crippen LogP contribution in [0.25, 0.3) is 11.1 Å². The highest BCUT2D eigenvalue weighted by atomic mass is 19.2. The summed E-state index contributed by atoms with van der Waals surface area (Å²) >= 11 is 0. The molecule has 0 radical (unpaired) electrons. The minimum absolute atomic E-state index is 0.177. The van der Waals surface area contributed by atoms with Crippen LogP contribution in [0.2, 0.25) is 0 Å². The number of fused-ring (bicyclic) bond motifs is 1. The zero-order valence-electron chi connectivity index (χ0n) is 20.1. The van der Waals surface area contributed by atoms with Gasteiger partial charge in [-0.05, 0) is 72.9 Å². The lowest BCUT2D eigenvalue weighted by atomic mass is 9.92. The average Bonchev–Trinajstić information content (AvgIpc) is 3.28. The zero-order valence-corrected chi connectivity index (χ0v) is 20.1. The molecule has 1 saturated heterocycles. The quantitative estimate of drug-likeness (QED) is 0.549. The van der Waals surface area contributed by atoms with Crippen LogP contribution in [0.5, 0.6) is 0 Å². The Morgan fingerprint density at radius 2 is 1.64 bits per heavy atom. The van der Waals surface area contributed by atoms with Gasteiger partial charge in [0.05, 0.1) is 5.69 Å². The fourth-order valence-corrected chi connectivity index (χ4v) is 5.23. The highest BCUT2D eigenvalue weighted by molar-refractivity contribution is 5.89. The van der Waals surface area contributed by atoms with Gasteiger partial charge in [0.1, 0.15) is 0 Å². The first-order valence-corrected chi connectivity index (χ1v) is 11.9. The van der Waals surface area contributed by atoms with E-state index in [2.05, 4.69) is 36.3 Å². The molecule has 1 unspecified atom stereocenters. The van der Waals surface area contributed by atoms with Crippen molar-refractivity contribution in [3.63, 3.8) is 0 Å². The van der Waals surface area contributed by atoms with Crippen LogP contribution in [-0.4, -0.2) is 36.5 Å². The van der Waals surface area contributed by atoms with Crippen LogP contribution in [-0.2, 0) is 4.79 Å². The predicted octanol–water partition coefficient (Wildman–Crippen LogP) is 6.15. The van der Waals surface area contributed by atoms with Gasteiger partial charge in [0, 0.05) is 37.3 Å². The molecule has 2 aliphatic rings. The van der Waals surface area contributed by atoms with Crippen LogP contribution < -0.4 is 10.6 Å². The first-order chi connectivity index (χ1) is 15.6. The number of hydrogen-bond donors (Lipinski definition) is 2. The lowest BCUT2D eigenvalue weighted by molar-refractivity contribution is -0.114. The second-order valence-electron chi connectivity index (χ2n) is 11.0. The molecular formula is C27H35F2N3O. The summed E-state index contributed by atoms with van der Waals surface area (Å²) in [7, 11) is 0. The van der Waals surface area contributed by atoms with Crippen molar-refractivity contribution in [3.05, 3.63) is 48.0 Å². The standard InChI is InChI=1S/C27H35F2N3O/c1-17(33)30-21-7-5-18(6-8-21)23-9-10-24(26(29)25(23)28)31-22-13-19-15-32(16-20(19)14-22)12-11-27(2,3)4/h5-10,19-20,22,31H,11-16H2,1-4H3,(H,30,33)/t19-,20+,22?. The third-order valence-electron chi connectivity index (χ3n) is 6.96. The van der Waals surface area contributed by atoms with E-state index in [1.165, 1.54) is 13.3 Å². The van der Waals surface area contributed by atoms with Crippen LogP contribution in [0, 0.1) is 28.9 Å². The third-order valence-corrected chi connectivity index (χ3v) is 6.96. The first kappa shape index (κ1) is 23.7. The number of carbonyl (C=O) groups is 1. The molecule has 4 nitrogen and oxygen atoms in total. The second kappa shape index (κ2) is 9.41. The number of nitrogens with one attached hydrogen (secondary N) is 2. The Morgan fingerprint density at radius 3 is 2.21 bits per heavy atom. The maximum atomic E-state index is 14.9. The summed E-state index contributed by atoms with van der Waals surface area (Å²) in [5.74, 6) is -0.584. The van der Waals surface area contributed by atoms with Crippen molar-refractivity contribution >= 4 is 17.3 Å². The number of nitrogens with zero attached hydrogens (tertiary/aromatic N) is 1. The summed E-state index contributed by atoms with van der Waals surface area (Å²) in [5.41, 5.74) is 1.99. The summed E-state index contributed by atoms with van der Waals surface area (Å²) in [6.07, 6.45) is 3.20. The number of likely N-dealkylation sites (tertiary alicyclic amines) is 1. The minimum Gasteiger partial charge on any atom is -0.380 e. The molecule has 4 rings (SSSR count). The molecule has 0 aromatic heterocycles. The van der Waals surface area contributed by atoms with Crippen LogP contribution >= 0.6 is 0 Å². The van der Waals surface area contributed by atoms with E-state index in [0.717, 1.165) is 32.5 Å². The monoisotopic (exact) mass is 455 g/mol. The number of halogens is 2. The lowest BCUT2D eigenvalue weighted by Crippen LogP contribution is -2.28. The highest BCUT2D eigenvalue weighted by Crippen LogP contribution is 2.40. The Morgan fingerprint density at radius 1 is 1.00 bits per heavy atom. The molecule has 33 heavy (non-hydrogen) atoms. The molecule has 0 bridgehead atoms. The first-order valence-electron chi connectivity index (χ1n) is 11.9. The number of amides is 1. The molecule has 0 spiro atoms. The molecule has 2 aromatic carbocycles. The zero-order chi connectivity index (χ0) is 23.8. The topological polar surface area (TPSA) is 44.4 Å². The Balaban J connectivity index is 1.37. The fraction of sp³-hybridized carbons (Fsp3) is 0.519. The van der Waals surface area contributed by atoms with Gasteiger partial charge in [0.25, 0.3) is 0 Å². The molecule has 1 amide bonds. The van der Waals surface area contributed by atoms with Crippen molar-refractivity contribution in [3.8, 4) is 11.1 Å². The molecular weight excluding hydrogens is 420 g/mol. The molecule has 1 saturated carbocycles. The molecule has 2 fully saturated rings. The fourth-order valence-electron chi connectivity index (χ4n) is 5.23. The number of rotatable bonds is 6. The van der Waals surface area contributed by atoms with Crippen molar-refractivity contribution in [2.75, 3.05) is 30.3 Å². The largest absolute Gasteiger partial charge is 0.380 e. The van der Waals surface area contributed by atoms with Crippen molar-refractivity contribution in [2.24, 2.45) is 17.3 Å². The van der Waals surface area contributed by atoms with Gasteiger partial charge in [-0.2, -0.15) is 0 Å². The summed E-state index contributed by atoms with van der Waals surface area (Å²) in [5, 5.41) is 5.95. The predicted molar refractivity (Wildman–Crippen MR) is 130 cm³/mol. The van der Waals surface area contributed by atoms with E-state index in [0.29, 0.717) is 28.5 Å². The molecule has 2 aromatic rings. The maximum absolute atomic E-state index is 14.9. The van der Waals surface area contributed by atoms with Gasteiger partial charge in [0.2, 0.25) is 5.91 Å². The number of hydrogen-bond acceptors (Lipinski definition) is 3. The highest BCUT2D eigenvalue weighted by Gasteiger charge is 2.41. The Bertz CT molecular complexity index is 986. The van der Waals surface area contributed by atoms with Crippen LogP contribution in [0.1, 0.15) is 47.0 Å². The number of benzene rings is 2. The van der Waals surface area contributed by atoms with Gasteiger partial charge in [-0.15, -0.1) is 0 Å². The Hall–Kier alpha value is -2.47. The molecule has 6 heteroatoms. The van der Waals surface area contributed by atoms with Gasteiger partial charge >= 0.3 is 0 Å². The molecule has 3 atom stereocenters. The van der Waals surface area contributed by atoms with Gasteiger partial charge in [-0.1, -0.05) is 32.9 Å². The van der Waals surface area contributed by atoms with Gasteiger partial charge in [0.15, 0.2) is 11.6 Å². The van der Waals surface area contributed by atoms with Crippen LogP contribution in [0.15, 0.2) is 36.4 Å². The molecule has 2 N–H and O–H groups in total. The Labute approximate surface area is 195 Å². The summed E-state index contributed by atoms with van der Waals surface area (Å²) in [4.78, 5) is 13.7. The summed E-state index contributed by atoms with van der Waals surface area (Å²) < 4.78 is 29.8. The normalized spacial score (nSPS) is 22.9. The van der Waals surface area contributed by atoms with Gasteiger partial charge < -0.3 is 15.5 Å². The molecule has 1 aliphatic carbocycles. The number of carbonyl (C=O) groups excluding carboxylic acids is 1. The van der Waals surface area contributed by atoms with E-state index < -0.39 is 11.6 Å². The van der Waals surface area contributed by atoms with Crippen LogP contribution in [0.4, 0.5) is 20.2 Å². The van der Waals surface area contributed by atoms with Crippen LogP contribution in [0.3, 0.4) is 0 Å². The summed E-state index contributed by atoms with van der Waals surface area (Å²) in [6, 6.07) is 10.2. The van der Waals surface area contributed by atoms with E-state index in [-0.39, 0.29) is 23.2 Å². The minimum atomic E-state index is -0.848. The molecule has 178 valence electrons. The Kier molecular flexibility index (Phi) is 6.76. The second-order valence-corrected chi connectivity index (χ2v) is 11.0. The maximum Gasteiger partial charge on any atom is 0.221 e. The van der Waals surface area contributed by atoms with Gasteiger partial charge in [-0.3, -0.25) is 4.79 Å². The van der Waals surface area contributed by atoms with Crippen molar-refractivity contribution < 1.29 is 13.6 Å². The van der Waals surface area contributed by atoms with Crippen molar-refractivity contribution in [2.45, 2.75) is 53.0 Å². The van der Waals surface area contributed by atoms with E-state index >= 15 is 0 Å². The van der Waals surface area contributed by atoms with Crippen molar-refractivity contribution in [1.82, 2.24) is 4.90 Å². The summed E-state index contributed by atoms with van der Waals surface area (Å²) in [6.45, 7) is 11.6. The van der Waals surface area contributed by atoms with E-state index in [1.54, 1.807) is 36.4 Å². The van der Waals surface area contributed by atoms with E-state index in [4.69, 9.17) is 0 Å². The molecule has 1 heterocycles. The van der Waals surface area contributed by atoms with E-state index in [1.807, 2.05) is 0 Å². The third kappa shape index (κ3) is 5.72. The van der Waals surface area contributed by atoms with Gasteiger partial charge in [-0.25, -0.2) is 8.78 Å².